The quantitative estimate of drug-likeness (QED) is 0.511. The van der Waals surface area contributed by atoms with Gasteiger partial charge in [-0.25, -0.2) is 4.79 Å². The van der Waals surface area contributed by atoms with Crippen LogP contribution in [-0.2, 0) is 9.59 Å². The van der Waals surface area contributed by atoms with Crippen LogP contribution >= 0.6 is 0 Å². The molecule has 0 aliphatic carbocycles. The molecule has 14 heavy (non-hydrogen) atoms. The zero-order valence-corrected chi connectivity index (χ0v) is 8.72. The molecule has 0 aromatic rings. The summed E-state index contributed by atoms with van der Waals surface area (Å²) in [6.45, 7) is 3.47. The maximum absolute atomic E-state index is 11.5. The number of amides is 3. The molecule has 2 N–H and O–H groups in total. The second-order valence-corrected chi connectivity index (χ2v) is 3.01. The molecule has 0 atom stereocenters. The van der Waals surface area contributed by atoms with Crippen LogP contribution in [0.25, 0.3) is 0 Å². The van der Waals surface area contributed by atoms with Gasteiger partial charge in [0.2, 0.25) is 5.91 Å². The summed E-state index contributed by atoms with van der Waals surface area (Å²) in [4.78, 5) is 33.2. The Morgan fingerprint density at radius 1 is 1.29 bits per heavy atom. The highest BCUT2D eigenvalue weighted by Crippen LogP contribution is 2.23. The Balaban J connectivity index is 4.60. The first-order valence-electron chi connectivity index (χ1n) is 4.55. The van der Waals surface area contributed by atoms with E-state index in [1.54, 1.807) is 13.8 Å². The van der Waals surface area contributed by atoms with E-state index in [4.69, 9.17) is 0 Å². The molecule has 0 bridgehead atoms. The highest BCUT2D eigenvalue weighted by Gasteiger charge is 2.35. The lowest BCUT2D eigenvalue weighted by Crippen LogP contribution is -2.47. The summed E-state index contributed by atoms with van der Waals surface area (Å²) in [6, 6.07) is -0.594. The van der Waals surface area contributed by atoms with Crippen LogP contribution in [0, 0.1) is 5.41 Å². The first-order chi connectivity index (χ1) is 6.56. The van der Waals surface area contributed by atoms with Gasteiger partial charge in [-0.2, -0.15) is 0 Å². The average molecular weight is 200 g/mol. The van der Waals surface area contributed by atoms with Crippen LogP contribution < -0.4 is 10.6 Å². The third-order valence-electron chi connectivity index (χ3n) is 2.39. The van der Waals surface area contributed by atoms with Crippen molar-refractivity contribution in [3.63, 3.8) is 0 Å². The Labute approximate surface area is 83.2 Å². The highest BCUT2D eigenvalue weighted by molar-refractivity contribution is 6.04. The molecule has 80 valence electrons. The van der Waals surface area contributed by atoms with Gasteiger partial charge in [-0.15, -0.1) is 0 Å². The normalized spacial score (nSPS) is 10.5. The van der Waals surface area contributed by atoms with Crippen molar-refractivity contribution >= 4 is 18.2 Å². The molecule has 0 spiro atoms. The Morgan fingerprint density at radius 3 is 2.07 bits per heavy atom. The molecule has 0 rings (SSSR count). The zero-order chi connectivity index (χ0) is 11.2. The summed E-state index contributed by atoms with van der Waals surface area (Å²) in [7, 11) is 1.41. The monoisotopic (exact) mass is 200 g/mol. The molecular weight excluding hydrogens is 184 g/mol. The fourth-order valence-corrected chi connectivity index (χ4v) is 1.08. The maximum Gasteiger partial charge on any atom is 0.321 e. The lowest BCUT2D eigenvalue weighted by molar-refractivity contribution is -0.135. The van der Waals surface area contributed by atoms with Gasteiger partial charge in [-0.1, -0.05) is 13.8 Å². The van der Waals surface area contributed by atoms with Gasteiger partial charge < -0.3 is 10.1 Å². The second kappa shape index (κ2) is 5.36. The van der Waals surface area contributed by atoms with Crippen molar-refractivity contribution in [2.45, 2.75) is 26.7 Å². The fraction of sp³-hybridized carbons (Fsp3) is 0.667. The van der Waals surface area contributed by atoms with Gasteiger partial charge in [0, 0.05) is 7.05 Å². The summed E-state index contributed by atoms with van der Waals surface area (Å²) < 4.78 is 0. The van der Waals surface area contributed by atoms with Crippen LogP contribution in [0.5, 0.6) is 0 Å². The van der Waals surface area contributed by atoms with Gasteiger partial charge >= 0.3 is 6.03 Å². The van der Waals surface area contributed by atoms with Gasteiger partial charge in [-0.3, -0.25) is 10.1 Å². The molecule has 0 heterocycles. The molecule has 0 unspecified atom stereocenters. The molecule has 0 aliphatic rings. The zero-order valence-electron chi connectivity index (χ0n) is 8.72. The largest absolute Gasteiger partial charge is 0.341 e. The van der Waals surface area contributed by atoms with Gasteiger partial charge in [0.05, 0.1) is 0 Å². The molecule has 0 aromatic carbocycles. The standard InChI is InChI=1S/C9H16N2O3/c1-4-9(5-2,6-12)7(13)11-8(14)10-3/h6H,4-5H2,1-3H3,(H2,10,11,13,14). The molecule has 0 aliphatic heterocycles. The van der Waals surface area contributed by atoms with Crippen molar-refractivity contribution < 1.29 is 14.4 Å². The molecule has 5 heteroatoms. The van der Waals surface area contributed by atoms with Crippen molar-refractivity contribution in [1.82, 2.24) is 10.6 Å². The van der Waals surface area contributed by atoms with E-state index in [-0.39, 0.29) is 0 Å². The summed E-state index contributed by atoms with van der Waals surface area (Å²) in [6.07, 6.45) is 1.37. The third-order valence-corrected chi connectivity index (χ3v) is 2.39. The summed E-state index contributed by atoms with van der Waals surface area (Å²) in [5.41, 5.74) is -1.08. The van der Waals surface area contributed by atoms with Crippen molar-refractivity contribution in [1.29, 1.82) is 0 Å². The van der Waals surface area contributed by atoms with Crippen molar-refractivity contribution in [2.24, 2.45) is 5.41 Å². The van der Waals surface area contributed by atoms with E-state index in [1.165, 1.54) is 7.05 Å². The van der Waals surface area contributed by atoms with Crippen molar-refractivity contribution in [2.75, 3.05) is 7.05 Å². The van der Waals surface area contributed by atoms with Crippen LogP contribution in [0.2, 0.25) is 0 Å². The molecule has 0 saturated heterocycles. The van der Waals surface area contributed by atoms with Crippen molar-refractivity contribution in [3.8, 4) is 0 Å². The topological polar surface area (TPSA) is 75.3 Å². The maximum atomic E-state index is 11.5. The van der Waals surface area contributed by atoms with E-state index < -0.39 is 17.4 Å². The van der Waals surface area contributed by atoms with Gasteiger partial charge in [0.25, 0.3) is 0 Å². The van der Waals surface area contributed by atoms with Crippen LogP contribution in [0.3, 0.4) is 0 Å². The first kappa shape index (κ1) is 12.6. The number of hydrogen-bond donors (Lipinski definition) is 2. The van der Waals surface area contributed by atoms with E-state index in [0.29, 0.717) is 19.1 Å². The number of urea groups is 1. The number of imide groups is 1. The number of nitrogens with one attached hydrogen (secondary N) is 2. The van der Waals surface area contributed by atoms with E-state index >= 15 is 0 Å². The minimum absolute atomic E-state index is 0.385. The molecule has 0 saturated carbocycles. The molecule has 0 radical (unpaired) electrons. The molecule has 5 nitrogen and oxygen atoms in total. The fourth-order valence-electron chi connectivity index (χ4n) is 1.08. The van der Waals surface area contributed by atoms with Gasteiger partial charge in [-0.05, 0) is 12.8 Å². The predicted octanol–water partition coefficient (Wildman–Crippen LogP) is 0.447. The van der Waals surface area contributed by atoms with Crippen LogP contribution in [0.4, 0.5) is 4.79 Å². The van der Waals surface area contributed by atoms with E-state index in [0.717, 1.165) is 0 Å². The smallest absolute Gasteiger partial charge is 0.321 e. The summed E-state index contributed by atoms with van der Waals surface area (Å²) >= 11 is 0. The van der Waals surface area contributed by atoms with Crippen LogP contribution in [0.1, 0.15) is 26.7 Å². The van der Waals surface area contributed by atoms with E-state index in [2.05, 4.69) is 10.6 Å². The Bertz CT molecular complexity index is 234. The summed E-state index contributed by atoms with van der Waals surface area (Å²) in [5.74, 6) is -0.545. The van der Waals surface area contributed by atoms with Crippen molar-refractivity contribution in [3.05, 3.63) is 0 Å². The third kappa shape index (κ3) is 2.55. The number of carbonyl (C=O) groups excluding carboxylic acids is 3. The lowest BCUT2D eigenvalue weighted by Gasteiger charge is -2.22. The predicted molar refractivity (Wildman–Crippen MR) is 51.7 cm³/mol. The molecule has 0 aromatic heterocycles. The Kier molecular flexibility index (Phi) is 4.83. The average Bonchev–Trinajstić information content (AvgIpc) is 2.21. The minimum Gasteiger partial charge on any atom is -0.341 e. The van der Waals surface area contributed by atoms with E-state index in [1.807, 2.05) is 0 Å². The van der Waals surface area contributed by atoms with Gasteiger partial charge in [0.1, 0.15) is 11.7 Å². The number of aldehydes is 1. The van der Waals surface area contributed by atoms with Gasteiger partial charge in [0.15, 0.2) is 0 Å². The Hall–Kier alpha value is -1.39. The SMILES string of the molecule is CCC(C=O)(CC)C(=O)NC(=O)NC. The number of carbonyl (C=O) groups is 3. The minimum atomic E-state index is -1.08. The first-order valence-corrected chi connectivity index (χ1v) is 4.55. The Morgan fingerprint density at radius 2 is 1.79 bits per heavy atom. The number of hydrogen-bond acceptors (Lipinski definition) is 3. The molecular formula is C9H16N2O3. The van der Waals surface area contributed by atoms with E-state index in [9.17, 15) is 14.4 Å². The summed E-state index contributed by atoms with van der Waals surface area (Å²) in [5, 5.41) is 4.36. The van der Waals surface area contributed by atoms with Crippen LogP contribution in [-0.4, -0.2) is 25.3 Å². The second-order valence-electron chi connectivity index (χ2n) is 3.01. The molecule has 3 amide bonds. The van der Waals surface area contributed by atoms with Crippen LogP contribution in [0.15, 0.2) is 0 Å². The molecule has 0 fully saturated rings. The highest BCUT2D eigenvalue weighted by atomic mass is 16.2. The lowest BCUT2D eigenvalue weighted by atomic mass is 9.83. The number of rotatable bonds is 4.